The summed E-state index contributed by atoms with van der Waals surface area (Å²) in [5.41, 5.74) is 1.02. The zero-order valence-electron chi connectivity index (χ0n) is 8.84. The topological polar surface area (TPSA) is 20.3 Å². The summed E-state index contributed by atoms with van der Waals surface area (Å²) >= 11 is 0. The van der Waals surface area contributed by atoms with Gasteiger partial charge in [-0.1, -0.05) is 13.3 Å². The van der Waals surface area contributed by atoms with E-state index in [9.17, 15) is 4.79 Å². The number of hydrogen-bond acceptors (Lipinski definition) is 2. The van der Waals surface area contributed by atoms with Crippen LogP contribution < -0.4 is 0 Å². The van der Waals surface area contributed by atoms with Crippen LogP contribution in [0.4, 0.5) is 0 Å². The molecule has 1 unspecified atom stereocenters. The molecular weight excluding hydrogens is 162 g/mol. The standard InChI is InChI=1S/C11H19NO/c1-4-9-5-6-11(13)10(7-9)8-12(2)3/h8-9H,4-7H2,1-3H3/b10-8+. The predicted molar refractivity (Wildman–Crippen MR) is 54.4 cm³/mol. The molecule has 13 heavy (non-hydrogen) atoms. The second-order valence-electron chi connectivity index (χ2n) is 4.06. The first kappa shape index (κ1) is 10.3. The highest BCUT2D eigenvalue weighted by Gasteiger charge is 2.21. The number of carbonyl (C=O) groups excluding carboxylic acids is 1. The van der Waals surface area contributed by atoms with Crippen LogP contribution in [0, 0.1) is 5.92 Å². The zero-order chi connectivity index (χ0) is 9.84. The Morgan fingerprint density at radius 3 is 2.77 bits per heavy atom. The third kappa shape index (κ3) is 2.87. The van der Waals surface area contributed by atoms with E-state index >= 15 is 0 Å². The molecule has 1 rings (SSSR count). The van der Waals surface area contributed by atoms with E-state index in [4.69, 9.17) is 0 Å². The van der Waals surface area contributed by atoms with Crippen molar-refractivity contribution in [2.24, 2.45) is 5.92 Å². The van der Waals surface area contributed by atoms with Gasteiger partial charge < -0.3 is 4.90 Å². The summed E-state index contributed by atoms with van der Waals surface area (Å²) in [7, 11) is 3.94. The number of hydrogen-bond donors (Lipinski definition) is 0. The van der Waals surface area contributed by atoms with Crippen LogP contribution in [0.1, 0.15) is 32.6 Å². The summed E-state index contributed by atoms with van der Waals surface area (Å²) in [5.74, 6) is 1.07. The first-order valence-corrected chi connectivity index (χ1v) is 5.03. The molecular formula is C11H19NO. The van der Waals surface area contributed by atoms with Crippen LogP contribution in [-0.4, -0.2) is 24.8 Å². The molecule has 2 nitrogen and oxygen atoms in total. The van der Waals surface area contributed by atoms with Gasteiger partial charge in [-0.25, -0.2) is 0 Å². The fourth-order valence-electron chi connectivity index (χ4n) is 1.81. The molecule has 0 aromatic carbocycles. The number of nitrogens with zero attached hydrogens (tertiary/aromatic N) is 1. The monoisotopic (exact) mass is 181 g/mol. The van der Waals surface area contributed by atoms with Gasteiger partial charge in [0.1, 0.15) is 0 Å². The highest BCUT2D eigenvalue weighted by molar-refractivity contribution is 5.95. The molecule has 1 aliphatic carbocycles. The Balaban J connectivity index is 2.65. The maximum Gasteiger partial charge on any atom is 0.160 e. The summed E-state index contributed by atoms with van der Waals surface area (Å²) in [6, 6.07) is 0. The Hall–Kier alpha value is -0.790. The summed E-state index contributed by atoms with van der Waals surface area (Å²) < 4.78 is 0. The van der Waals surface area contributed by atoms with Gasteiger partial charge in [0.2, 0.25) is 0 Å². The van der Waals surface area contributed by atoms with Crippen LogP contribution in [0.25, 0.3) is 0 Å². The molecule has 0 spiro atoms. The van der Waals surface area contributed by atoms with E-state index in [1.807, 2.05) is 25.2 Å². The Kier molecular flexibility index (Phi) is 3.52. The number of Topliss-reactive ketones (excluding diaryl/α,β-unsaturated/α-hetero) is 1. The van der Waals surface area contributed by atoms with E-state index in [2.05, 4.69) is 6.92 Å². The lowest BCUT2D eigenvalue weighted by Crippen LogP contribution is -2.18. The van der Waals surface area contributed by atoms with Gasteiger partial charge in [0.05, 0.1) is 0 Å². The number of allylic oxidation sites excluding steroid dienone is 1. The van der Waals surface area contributed by atoms with Crippen molar-refractivity contribution in [3.63, 3.8) is 0 Å². The van der Waals surface area contributed by atoms with Crippen molar-refractivity contribution >= 4 is 5.78 Å². The lowest BCUT2D eigenvalue weighted by atomic mass is 9.83. The van der Waals surface area contributed by atoms with Crippen LogP contribution in [0.5, 0.6) is 0 Å². The Labute approximate surface area is 80.6 Å². The van der Waals surface area contributed by atoms with Gasteiger partial charge in [-0.2, -0.15) is 0 Å². The van der Waals surface area contributed by atoms with E-state index in [1.54, 1.807) is 0 Å². The second-order valence-corrected chi connectivity index (χ2v) is 4.06. The minimum atomic E-state index is 0.346. The summed E-state index contributed by atoms with van der Waals surface area (Å²) in [5, 5.41) is 0. The number of rotatable bonds is 2. The second kappa shape index (κ2) is 4.45. The lowest BCUT2D eigenvalue weighted by Gasteiger charge is -2.22. The minimum Gasteiger partial charge on any atom is -0.383 e. The number of carbonyl (C=O) groups is 1. The maximum atomic E-state index is 11.5. The average molecular weight is 181 g/mol. The molecule has 0 bridgehead atoms. The van der Waals surface area contributed by atoms with Crippen molar-refractivity contribution in [2.75, 3.05) is 14.1 Å². The number of ketones is 1. The van der Waals surface area contributed by atoms with Gasteiger partial charge in [0.25, 0.3) is 0 Å². The molecule has 1 aliphatic rings. The molecule has 1 atom stereocenters. The Morgan fingerprint density at radius 2 is 2.23 bits per heavy atom. The smallest absolute Gasteiger partial charge is 0.160 e. The van der Waals surface area contributed by atoms with Gasteiger partial charge in [-0.15, -0.1) is 0 Å². The van der Waals surface area contributed by atoms with Gasteiger partial charge in [-0.3, -0.25) is 4.79 Å². The van der Waals surface area contributed by atoms with Crippen molar-refractivity contribution in [1.82, 2.24) is 4.90 Å². The first-order valence-electron chi connectivity index (χ1n) is 5.03. The zero-order valence-corrected chi connectivity index (χ0v) is 8.84. The molecule has 0 radical (unpaired) electrons. The average Bonchev–Trinajstić information content (AvgIpc) is 2.08. The highest BCUT2D eigenvalue weighted by Crippen LogP contribution is 2.27. The van der Waals surface area contributed by atoms with Crippen LogP contribution in [0.3, 0.4) is 0 Å². The van der Waals surface area contributed by atoms with E-state index in [1.165, 1.54) is 6.42 Å². The molecule has 0 aliphatic heterocycles. The summed E-state index contributed by atoms with van der Waals surface area (Å²) in [4.78, 5) is 13.5. The van der Waals surface area contributed by atoms with Crippen molar-refractivity contribution in [2.45, 2.75) is 32.6 Å². The van der Waals surface area contributed by atoms with Crippen LogP contribution in [-0.2, 0) is 4.79 Å². The molecule has 0 saturated heterocycles. The third-order valence-electron chi connectivity index (χ3n) is 2.64. The summed E-state index contributed by atoms with van der Waals surface area (Å²) in [6.45, 7) is 2.20. The Morgan fingerprint density at radius 1 is 1.54 bits per heavy atom. The molecule has 0 amide bonds. The third-order valence-corrected chi connectivity index (χ3v) is 2.64. The molecule has 1 saturated carbocycles. The van der Waals surface area contributed by atoms with Crippen molar-refractivity contribution in [3.05, 3.63) is 11.8 Å². The molecule has 2 heteroatoms. The predicted octanol–water partition coefficient (Wildman–Crippen LogP) is 2.21. The maximum absolute atomic E-state index is 11.5. The highest BCUT2D eigenvalue weighted by atomic mass is 16.1. The van der Waals surface area contributed by atoms with Crippen LogP contribution in [0.2, 0.25) is 0 Å². The molecule has 0 heterocycles. The fraction of sp³-hybridized carbons (Fsp3) is 0.727. The van der Waals surface area contributed by atoms with Crippen LogP contribution >= 0.6 is 0 Å². The van der Waals surface area contributed by atoms with E-state index in [0.717, 1.165) is 30.8 Å². The SMILES string of the molecule is CCC1CCC(=O)/C(=C/N(C)C)C1. The van der Waals surface area contributed by atoms with Gasteiger partial charge in [0.15, 0.2) is 5.78 Å². The van der Waals surface area contributed by atoms with Crippen molar-refractivity contribution < 1.29 is 4.79 Å². The molecule has 0 aromatic rings. The Bertz CT molecular complexity index is 218. The van der Waals surface area contributed by atoms with Crippen molar-refractivity contribution in [1.29, 1.82) is 0 Å². The van der Waals surface area contributed by atoms with Crippen molar-refractivity contribution in [3.8, 4) is 0 Å². The van der Waals surface area contributed by atoms with Crippen LogP contribution in [0.15, 0.2) is 11.8 Å². The quantitative estimate of drug-likeness (QED) is 0.609. The largest absolute Gasteiger partial charge is 0.383 e. The van der Waals surface area contributed by atoms with Gasteiger partial charge >= 0.3 is 0 Å². The summed E-state index contributed by atoms with van der Waals surface area (Å²) in [6.07, 6.45) is 5.98. The molecule has 74 valence electrons. The minimum absolute atomic E-state index is 0.346. The van der Waals surface area contributed by atoms with E-state index in [0.29, 0.717) is 5.78 Å². The first-order chi connectivity index (χ1) is 6.13. The fourth-order valence-corrected chi connectivity index (χ4v) is 1.81. The normalized spacial score (nSPS) is 26.5. The van der Waals surface area contributed by atoms with Gasteiger partial charge in [-0.05, 0) is 18.8 Å². The lowest BCUT2D eigenvalue weighted by molar-refractivity contribution is -0.117. The molecule has 0 N–H and O–H groups in total. The van der Waals surface area contributed by atoms with Gasteiger partial charge in [0, 0.05) is 32.3 Å². The molecule has 0 aromatic heterocycles. The van der Waals surface area contributed by atoms with E-state index in [-0.39, 0.29) is 0 Å². The molecule has 1 fully saturated rings. The van der Waals surface area contributed by atoms with E-state index < -0.39 is 0 Å².